The van der Waals surface area contributed by atoms with Crippen molar-refractivity contribution in [1.82, 2.24) is 9.80 Å². The van der Waals surface area contributed by atoms with E-state index in [4.69, 9.17) is 4.74 Å². The fourth-order valence-corrected chi connectivity index (χ4v) is 2.22. The summed E-state index contributed by atoms with van der Waals surface area (Å²) in [4.78, 5) is 27.3. The van der Waals surface area contributed by atoms with E-state index in [1.54, 1.807) is 9.80 Å². The molecule has 1 fully saturated rings. The molecule has 21 heavy (non-hydrogen) atoms. The highest BCUT2D eigenvalue weighted by atomic mass is 28.3. The van der Waals surface area contributed by atoms with E-state index in [2.05, 4.69) is 31.1 Å². The summed E-state index contributed by atoms with van der Waals surface area (Å²) in [6.45, 7) is 13.9. The maximum Gasteiger partial charge on any atom is 0.410 e. The number of carbonyl (C=O) groups is 2. The zero-order valence-corrected chi connectivity index (χ0v) is 14.9. The van der Waals surface area contributed by atoms with Gasteiger partial charge in [-0.15, -0.1) is 5.54 Å². The van der Waals surface area contributed by atoms with Crippen molar-refractivity contribution in [2.45, 2.75) is 46.0 Å². The molecule has 1 saturated heterocycles. The molecule has 1 aliphatic heterocycles. The lowest BCUT2D eigenvalue weighted by Gasteiger charge is -2.34. The Morgan fingerprint density at radius 2 is 1.48 bits per heavy atom. The molecule has 5 nitrogen and oxygen atoms in total. The SMILES string of the molecule is CC(C)(C)OC(=O)N1CCN(C(=O)C#C[Si](C)(C)C)CC1. The van der Waals surface area contributed by atoms with Crippen LogP contribution < -0.4 is 0 Å². The first-order valence-corrected chi connectivity index (χ1v) is 10.8. The van der Waals surface area contributed by atoms with Gasteiger partial charge < -0.3 is 14.5 Å². The number of ether oxygens (including phenoxy) is 1. The average molecular weight is 310 g/mol. The quantitative estimate of drug-likeness (QED) is 0.507. The topological polar surface area (TPSA) is 49.9 Å². The van der Waals surface area contributed by atoms with Gasteiger partial charge in [-0.25, -0.2) is 4.79 Å². The summed E-state index contributed by atoms with van der Waals surface area (Å²) in [6.07, 6.45) is -0.317. The minimum absolute atomic E-state index is 0.138. The third-order valence-electron chi connectivity index (χ3n) is 2.76. The highest BCUT2D eigenvalue weighted by molar-refractivity contribution is 6.84. The van der Waals surface area contributed by atoms with Gasteiger partial charge in [-0.2, -0.15) is 0 Å². The Morgan fingerprint density at radius 3 is 1.90 bits per heavy atom. The second-order valence-corrected chi connectivity index (χ2v) is 12.0. The van der Waals surface area contributed by atoms with Gasteiger partial charge in [0.25, 0.3) is 5.91 Å². The minimum atomic E-state index is -1.53. The van der Waals surface area contributed by atoms with Crippen LogP contribution in [0.4, 0.5) is 4.79 Å². The van der Waals surface area contributed by atoms with Crippen LogP contribution in [0.15, 0.2) is 0 Å². The van der Waals surface area contributed by atoms with Crippen molar-refractivity contribution >= 4 is 20.1 Å². The summed E-state index contributed by atoms with van der Waals surface area (Å²) in [5.41, 5.74) is 2.58. The first-order valence-electron chi connectivity index (χ1n) is 7.28. The summed E-state index contributed by atoms with van der Waals surface area (Å²) in [6, 6.07) is 0. The monoisotopic (exact) mass is 310 g/mol. The van der Waals surface area contributed by atoms with Gasteiger partial charge in [0.2, 0.25) is 0 Å². The number of amides is 2. The summed E-state index contributed by atoms with van der Waals surface area (Å²) in [7, 11) is -1.53. The fourth-order valence-electron chi connectivity index (χ4n) is 1.74. The molecule has 0 aromatic carbocycles. The third kappa shape index (κ3) is 6.67. The first-order chi connectivity index (χ1) is 9.48. The Kier molecular flexibility index (Phi) is 5.46. The van der Waals surface area contributed by atoms with Crippen LogP contribution in [0.1, 0.15) is 20.8 Å². The minimum Gasteiger partial charge on any atom is -0.444 e. The lowest BCUT2D eigenvalue weighted by atomic mass is 10.2. The molecule has 0 aromatic heterocycles. The lowest BCUT2D eigenvalue weighted by molar-refractivity contribution is -0.126. The maximum absolute atomic E-state index is 12.0. The van der Waals surface area contributed by atoms with Gasteiger partial charge >= 0.3 is 6.09 Å². The molecule has 0 aliphatic carbocycles. The van der Waals surface area contributed by atoms with Crippen molar-refractivity contribution in [1.29, 1.82) is 0 Å². The molecule has 1 heterocycles. The van der Waals surface area contributed by atoms with Crippen LogP contribution in [0.5, 0.6) is 0 Å². The maximum atomic E-state index is 12.0. The van der Waals surface area contributed by atoms with Gasteiger partial charge in [0.15, 0.2) is 0 Å². The van der Waals surface area contributed by atoms with Crippen LogP contribution in [0.3, 0.4) is 0 Å². The number of carbonyl (C=O) groups excluding carboxylic acids is 2. The van der Waals surface area contributed by atoms with Gasteiger partial charge in [-0.1, -0.05) is 19.6 Å². The van der Waals surface area contributed by atoms with Crippen molar-refractivity contribution in [2.75, 3.05) is 26.2 Å². The van der Waals surface area contributed by atoms with E-state index < -0.39 is 13.7 Å². The van der Waals surface area contributed by atoms with Crippen LogP contribution in [-0.4, -0.2) is 61.7 Å². The van der Waals surface area contributed by atoms with Crippen LogP contribution in [0, 0.1) is 11.5 Å². The number of piperazine rings is 1. The second kappa shape index (κ2) is 6.52. The molecule has 1 rings (SSSR count). The molecular formula is C15H26N2O3Si. The van der Waals surface area contributed by atoms with Gasteiger partial charge in [0.1, 0.15) is 13.7 Å². The normalized spacial score (nSPS) is 16.1. The molecule has 0 saturated carbocycles. The summed E-state index contributed by atoms with van der Waals surface area (Å²) >= 11 is 0. The number of hydrogen-bond acceptors (Lipinski definition) is 3. The Balaban J connectivity index is 2.50. The Labute approximate surface area is 128 Å². The number of nitrogens with zero attached hydrogens (tertiary/aromatic N) is 2. The molecule has 1 aliphatic rings. The largest absolute Gasteiger partial charge is 0.444 e. The molecular weight excluding hydrogens is 284 g/mol. The van der Waals surface area contributed by atoms with Gasteiger partial charge in [-0.3, -0.25) is 4.79 Å². The molecule has 118 valence electrons. The van der Waals surface area contributed by atoms with E-state index in [1.165, 1.54) is 0 Å². The molecule has 0 bridgehead atoms. The first kappa shape index (κ1) is 17.6. The van der Waals surface area contributed by atoms with E-state index in [9.17, 15) is 9.59 Å². The molecule has 0 unspecified atom stereocenters. The van der Waals surface area contributed by atoms with Crippen LogP contribution in [-0.2, 0) is 9.53 Å². The van der Waals surface area contributed by atoms with Crippen molar-refractivity contribution < 1.29 is 14.3 Å². The summed E-state index contributed by atoms with van der Waals surface area (Å²) < 4.78 is 5.33. The zero-order valence-electron chi connectivity index (χ0n) is 13.9. The predicted molar refractivity (Wildman–Crippen MR) is 85.5 cm³/mol. The molecule has 2 amide bonds. The van der Waals surface area contributed by atoms with Crippen LogP contribution >= 0.6 is 0 Å². The van der Waals surface area contributed by atoms with Crippen molar-refractivity contribution in [2.24, 2.45) is 0 Å². The number of rotatable bonds is 0. The van der Waals surface area contributed by atoms with Crippen molar-refractivity contribution in [3.05, 3.63) is 0 Å². The van der Waals surface area contributed by atoms with Gasteiger partial charge in [0.05, 0.1) is 0 Å². The second-order valence-electron chi connectivity index (χ2n) is 7.26. The standard InChI is InChI=1S/C15H26N2O3Si/c1-15(2,3)20-14(19)17-10-8-16(9-11-17)13(18)7-12-21(4,5)6/h8-11H2,1-6H3. The van der Waals surface area contributed by atoms with E-state index in [-0.39, 0.29) is 12.0 Å². The molecule has 6 heteroatoms. The predicted octanol–water partition coefficient (Wildman–Crippen LogP) is 1.95. The van der Waals surface area contributed by atoms with Gasteiger partial charge in [0, 0.05) is 26.2 Å². The van der Waals surface area contributed by atoms with Crippen LogP contribution in [0.25, 0.3) is 0 Å². The molecule has 0 radical (unpaired) electrons. The summed E-state index contributed by atoms with van der Waals surface area (Å²) in [5.74, 6) is 2.60. The molecule has 0 spiro atoms. The van der Waals surface area contributed by atoms with Crippen molar-refractivity contribution in [3.63, 3.8) is 0 Å². The third-order valence-corrected chi connectivity index (χ3v) is 3.64. The van der Waals surface area contributed by atoms with E-state index in [0.717, 1.165) is 0 Å². The molecule has 0 atom stereocenters. The Morgan fingerprint density at radius 1 is 1.00 bits per heavy atom. The fraction of sp³-hybridized carbons (Fsp3) is 0.733. The molecule has 0 N–H and O–H groups in total. The van der Waals surface area contributed by atoms with Gasteiger partial charge in [-0.05, 0) is 26.7 Å². The zero-order chi connectivity index (χ0) is 16.3. The Hall–Kier alpha value is -1.48. The van der Waals surface area contributed by atoms with Crippen LogP contribution in [0.2, 0.25) is 19.6 Å². The molecule has 0 aromatic rings. The highest BCUT2D eigenvalue weighted by Crippen LogP contribution is 2.11. The highest BCUT2D eigenvalue weighted by Gasteiger charge is 2.27. The van der Waals surface area contributed by atoms with E-state index in [1.807, 2.05) is 20.8 Å². The lowest BCUT2D eigenvalue weighted by Crippen LogP contribution is -2.51. The Bertz CT molecular complexity index is 458. The smallest absolute Gasteiger partial charge is 0.410 e. The van der Waals surface area contributed by atoms with E-state index >= 15 is 0 Å². The summed E-state index contributed by atoms with van der Waals surface area (Å²) in [5, 5.41) is 0. The average Bonchev–Trinajstić information content (AvgIpc) is 2.33. The number of hydrogen-bond donors (Lipinski definition) is 0. The van der Waals surface area contributed by atoms with E-state index in [0.29, 0.717) is 26.2 Å². The van der Waals surface area contributed by atoms with Crippen molar-refractivity contribution in [3.8, 4) is 11.5 Å².